The Labute approximate surface area is 164 Å². The van der Waals surface area contributed by atoms with Gasteiger partial charge in [-0.25, -0.2) is 4.79 Å². The Morgan fingerprint density at radius 1 is 1.11 bits per heavy atom. The number of carbonyl (C=O) groups excluding carboxylic acids is 3. The van der Waals surface area contributed by atoms with Crippen LogP contribution in [-0.4, -0.2) is 62.0 Å². The third-order valence-corrected chi connectivity index (χ3v) is 4.94. The van der Waals surface area contributed by atoms with Gasteiger partial charge >= 0.3 is 6.03 Å². The van der Waals surface area contributed by atoms with Crippen molar-refractivity contribution in [2.75, 3.05) is 39.4 Å². The molecule has 0 aromatic heterocycles. The minimum Gasteiger partial charge on any atom is -0.486 e. The summed E-state index contributed by atoms with van der Waals surface area (Å²) < 4.78 is 11.1. The number of hydrogen-bond acceptors (Lipinski definition) is 6. The standard InChI is InChI=1S/C20H27N3O5/c1-2-7-21-20(26)22-18(24)13-23-8-5-14(6-9-23)19(25)15-3-4-16-17(12-15)28-11-10-27-16/h3-4,12,14H,2,5-11,13H2,1H3,(H2,21,22,24,26). The number of urea groups is 1. The highest BCUT2D eigenvalue weighted by molar-refractivity contribution is 5.98. The number of carbonyl (C=O) groups is 3. The van der Waals surface area contributed by atoms with Gasteiger partial charge in [0.05, 0.1) is 6.54 Å². The first-order valence-electron chi connectivity index (χ1n) is 9.80. The zero-order valence-corrected chi connectivity index (χ0v) is 16.2. The highest BCUT2D eigenvalue weighted by Gasteiger charge is 2.27. The number of hydrogen-bond donors (Lipinski definition) is 2. The molecule has 28 heavy (non-hydrogen) atoms. The van der Waals surface area contributed by atoms with Gasteiger partial charge < -0.3 is 14.8 Å². The first-order valence-corrected chi connectivity index (χ1v) is 9.80. The van der Waals surface area contributed by atoms with E-state index in [4.69, 9.17) is 9.47 Å². The highest BCUT2D eigenvalue weighted by atomic mass is 16.6. The predicted octanol–water partition coefficient (Wildman–Crippen LogP) is 1.59. The van der Waals surface area contributed by atoms with Crippen molar-refractivity contribution in [3.05, 3.63) is 23.8 Å². The summed E-state index contributed by atoms with van der Waals surface area (Å²) in [6, 6.07) is 4.86. The van der Waals surface area contributed by atoms with Crippen molar-refractivity contribution >= 4 is 17.7 Å². The van der Waals surface area contributed by atoms with Crippen LogP contribution in [0.15, 0.2) is 18.2 Å². The van der Waals surface area contributed by atoms with Crippen molar-refractivity contribution in [3.63, 3.8) is 0 Å². The lowest BCUT2D eigenvalue weighted by atomic mass is 9.88. The van der Waals surface area contributed by atoms with Gasteiger partial charge in [0.25, 0.3) is 0 Å². The van der Waals surface area contributed by atoms with Crippen LogP contribution in [0.4, 0.5) is 4.79 Å². The molecule has 0 unspecified atom stereocenters. The number of Topliss-reactive ketones (excluding diaryl/α,β-unsaturated/α-hetero) is 1. The van der Waals surface area contributed by atoms with Crippen LogP contribution in [0.5, 0.6) is 11.5 Å². The van der Waals surface area contributed by atoms with E-state index < -0.39 is 6.03 Å². The number of piperidine rings is 1. The quantitative estimate of drug-likeness (QED) is 0.717. The van der Waals surface area contributed by atoms with Gasteiger partial charge in [0.15, 0.2) is 17.3 Å². The minimum absolute atomic E-state index is 0.0743. The monoisotopic (exact) mass is 389 g/mol. The number of nitrogens with zero attached hydrogens (tertiary/aromatic N) is 1. The number of fused-ring (bicyclic) bond motifs is 1. The van der Waals surface area contributed by atoms with Crippen molar-refractivity contribution in [1.82, 2.24) is 15.5 Å². The molecule has 0 radical (unpaired) electrons. The number of ketones is 1. The van der Waals surface area contributed by atoms with Gasteiger partial charge in [0.2, 0.25) is 5.91 Å². The highest BCUT2D eigenvalue weighted by Crippen LogP contribution is 2.32. The molecule has 2 aliphatic rings. The predicted molar refractivity (Wildman–Crippen MR) is 103 cm³/mol. The number of likely N-dealkylation sites (tertiary alicyclic amines) is 1. The number of imide groups is 1. The lowest BCUT2D eigenvalue weighted by Crippen LogP contribution is -2.46. The van der Waals surface area contributed by atoms with Gasteiger partial charge in [-0.15, -0.1) is 0 Å². The fraction of sp³-hybridized carbons (Fsp3) is 0.550. The average molecular weight is 389 g/mol. The van der Waals surface area contributed by atoms with Gasteiger partial charge in [0, 0.05) is 18.0 Å². The van der Waals surface area contributed by atoms with E-state index in [1.54, 1.807) is 18.2 Å². The van der Waals surface area contributed by atoms with Gasteiger partial charge in [0.1, 0.15) is 13.2 Å². The zero-order chi connectivity index (χ0) is 19.9. The molecule has 3 rings (SSSR count). The molecule has 8 heteroatoms. The number of amides is 3. The van der Waals surface area contributed by atoms with E-state index >= 15 is 0 Å². The second kappa shape index (κ2) is 9.54. The maximum atomic E-state index is 12.8. The summed E-state index contributed by atoms with van der Waals surface area (Å²) in [5.41, 5.74) is 0.632. The fourth-order valence-electron chi connectivity index (χ4n) is 3.44. The Bertz CT molecular complexity index is 729. The lowest BCUT2D eigenvalue weighted by molar-refractivity contribution is -0.121. The molecule has 1 fully saturated rings. The second-order valence-electron chi connectivity index (χ2n) is 7.08. The van der Waals surface area contributed by atoms with Crippen molar-refractivity contribution in [2.45, 2.75) is 26.2 Å². The largest absolute Gasteiger partial charge is 0.486 e. The summed E-state index contributed by atoms with van der Waals surface area (Å²) in [6.07, 6.45) is 2.18. The molecule has 1 aromatic rings. The zero-order valence-electron chi connectivity index (χ0n) is 16.2. The van der Waals surface area contributed by atoms with Crippen LogP contribution >= 0.6 is 0 Å². The normalized spacial score (nSPS) is 17.0. The maximum absolute atomic E-state index is 12.8. The van der Waals surface area contributed by atoms with Crippen LogP contribution in [0.25, 0.3) is 0 Å². The molecular weight excluding hydrogens is 362 g/mol. The molecule has 152 valence electrons. The third kappa shape index (κ3) is 5.22. The van der Waals surface area contributed by atoms with Gasteiger partial charge in [-0.05, 0) is 50.6 Å². The van der Waals surface area contributed by atoms with Gasteiger partial charge in [-0.1, -0.05) is 6.92 Å². The SMILES string of the molecule is CCCNC(=O)NC(=O)CN1CCC(C(=O)c2ccc3c(c2)OCCO3)CC1. The number of nitrogens with one attached hydrogen (secondary N) is 2. The molecule has 1 saturated heterocycles. The first-order chi connectivity index (χ1) is 13.6. The molecule has 0 atom stereocenters. The van der Waals surface area contributed by atoms with E-state index in [0.29, 0.717) is 62.8 Å². The van der Waals surface area contributed by atoms with E-state index in [9.17, 15) is 14.4 Å². The molecular formula is C20H27N3O5. The lowest BCUT2D eigenvalue weighted by Gasteiger charge is -2.30. The van der Waals surface area contributed by atoms with Crippen LogP contribution in [0.1, 0.15) is 36.5 Å². The van der Waals surface area contributed by atoms with E-state index in [-0.39, 0.29) is 24.2 Å². The van der Waals surface area contributed by atoms with E-state index in [1.165, 1.54) is 0 Å². The molecule has 3 amide bonds. The fourth-order valence-corrected chi connectivity index (χ4v) is 3.44. The molecule has 2 N–H and O–H groups in total. The van der Waals surface area contributed by atoms with Crippen molar-refractivity contribution in [2.24, 2.45) is 5.92 Å². The summed E-state index contributed by atoms with van der Waals surface area (Å²) >= 11 is 0. The third-order valence-electron chi connectivity index (χ3n) is 4.94. The maximum Gasteiger partial charge on any atom is 0.321 e. The van der Waals surface area contributed by atoms with E-state index in [0.717, 1.165) is 6.42 Å². The second-order valence-corrected chi connectivity index (χ2v) is 7.08. The molecule has 0 aliphatic carbocycles. The molecule has 2 aliphatic heterocycles. The Balaban J connectivity index is 1.46. The molecule has 1 aromatic carbocycles. The number of rotatable bonds is 6. The minimum atomic E-state index is -0.462. The molecule has 0 spiro atoms. The summed E-state index contributed by atoms with van der Waals surface area (Å²) in [7, 11) is 0. The van der Waals surface area contributed by atoms with Crippen LogP contribution in [0, 0.1) is 5.92 Å². The van der Waals surface area contributed by atoms with Crippen LogP contribution in [0.2, 0.25) is 0 Å². The Morgan fingerprint density at radius 2 is 1.82 bits per heavy atom. The van der Waals surface area contributed by atoms with E-state index in [2.05, 4.69) is 10.6 Å². The number of benzene rings is 1. The van der Waals surface area contributed by atoms with Crippen LogP contribution in [0.3, 0.4) is 0 Å². The average Bonchev–Trinajstić information content (AvgIpc) is 2.71. The molecule has 2 heterocycles. The Morgan fingerprint density at radius 3 is 2.54 bits per heavy atom. The van der Waals surface area contributed by atoms with Crippen molar-refractivity contribution in [3.8, 4) is 11.5 Å². The molecule has 0 saturated carbocycles. The van der Waals surface area contributed by atoms with Crippen molar-refractivity contribution in [1.29, 1.82) is 0 Å². The molecule has 8 nitrogen and oxygen atoms in total. The summed E-state index contributed by atoms with van der Waals surface area (Å²) in [4.78, 5) is 38.3. The smallest absolute Gasteiger partial charge is 0.321 e. The first kappa shape index (κ1) is 20.1. The summed E-state index contributed by atoms with van der Waals surface area (Å²) in [6.45, 7) is 4.93. The summed E-state index contributed by atoms with van der Waals surface area (Å²) in [5, 5.41) is 4.94. The van der Waals surface area contributed by atoms with Gasteiger partial charge in [-0.3, -0.25) is 19.8 Å². The van der Waals surface area contributed by atoms with Crippen LogP contribution in [-0.2, 0) is 4.79 Å². The topological polar surface area (TPSA) is 97.0 Å². The van der Waals surface area contributed by atoms with Crippen LogP contribution < -0.4 is 20.1 Å². The Kier molecular flexibility index (Phi) is 6.86. The molecule has 0 bridgehead atoms. The Hall–Kier alpha value is -2.61. The van der Waals surface area contributed by atoms with E-state index in [1.807, 2.05) is 11.8 Å². The van der Waals surface area contributed by atoms with Crippen molar-refractivity contribution < 1.29 is 23.9 Å². The summed E-state index contributed by atoms with van der Waals surface area (Å²) in [5.74, 6) is 0.985. The number of ether oxygens (including phenoxy) is 2. The van der Waals surface area contributed by atoms with Gasteiger partial charge in [-0.2, -0.15) is 0 Å².